The van der Waals surface area contributed by atoms with Crippen LogP contribution >= 0.6 is 0 Å². The maximum Gasteiger partial charge on any atom is 0.161 e. The molecule has 0 aliphatic carbocycles. The van der Waals surface area contributed by atoms with Gasteiger partial charge >= 0.3 is 0 Å². The first-order valence-corrected chi connectivity index (χ1v) is 6.34. The Labute approximate surface area is 112 Å². The van der Waals surface area contributed by atoms with Crippen LogP contribution in [0.3, 0.4) is 0 Å². The molecule has 3 nitrogen and oxygen atoms in total. The summed E-state index contributed by atoms with van der Waals surface area (Å²) in [5.74, 6) is 1.33. The molecule has 19 heavy (non-hydrogen) atoms. The Hall–Kier alpha value is -1.97. The quantitative estimate of drug-likeness (QED) is 0.912. The Morgan fingerprint density at radius 1 is 1.11 bits per heavy atom. The minimum absolute atomic E-state index is 0.264. The molecule has 2 rings (SSSR count). The fourth-order valence-electron chi connectivity index (χ4n) is 1.88. The van der Waals surface area contributed by atoms with E-state index >= 15 is 0 Å². The van der Waals surface area contributed by atoms with Crippen molar-refractivity contribution in [1.29, 1.82) is 0 Å². The minimum Gasteiger partial charge on any atom is -0.373 e. The average Bonchev–Trinajstić information content (AvgIpc) is 2.37. The van der Waals surface area contributed by atoms with Gasteiger partial charge in [0.05, 0.1) is 0 Å². The third-order valence-electron chi connectivity index (χ3n) is 2.89. The first-order valence-electron chi connectivity index (χ1n) is 6.34. The van der Waals surface area contributed by atoms with Crippen LogP contribution in [0.1, 0.15) is 31.0 Å². The second kappa shape index (κ2) is 5.34. The van der Waals surface area contributed by atoms with Gasteiger partial charge < -0.3 is 5.32 Å². The van der Waals surface area contributed by atoms with Crippen molar-refractivity contribution in [1.82, 2.24) is 9.97 Å². The maximum atomic E-state index is 13.5. The van der Waals surface area contributed by atoms with Crippen LogP contribution in [0.5, 0.6) is 0 Å². The summed E-state index contributed by atoms with van der Waals surface area (Å²) in [6.07, 6.45) is 0. The molecule has 0 unspecified atom stereocenters. The Morgan fingerprint density at radius 2 is 1.84 bits per heavy atom. The second-order valence-corrected chi connectivity index (χ2v) is 4.92. The first-order chi connectivity index (χ1) is 8.99. The van der Waals surface area contributed by atoms with Crippen molar-refractivity contribution in [3.05, 3.63) is 41.3 Å². The number of rotatable bonds is 3. The van der Waals surface area contributed by atoms with Gasteiger partial charge in [-0.05, 0) is 36.6 Å². The third kappa shape index (κ3) is 3.08. The zero-order valence-electron chi connectivity index (χ0n) is 11.7. The zero-order valence-corrected chi connectivity index (χ0v) is 11.7. The topological polar surface area (TPSA) is 37.8 Å². The lowest BCUT2D eigenvalue weighted by Gasteiger charge is -2.10. The maximum absolute atomic E-state index is 13.5. The van der Waals surface area contributed by atoms with Gasteiger partial charge in [-0.25, -0.2) is 14.4 Å². The van der Waals surface area contributed by atoms with Gasteiger partial charge in [-0.1, -0.05) is 13.8 Å². The Morgan fingerprint density at radius 3 is 2.42 bits per heavy atom. The second-order valence-electron chi connectivity index (χ2n) is 4.92. The summed E-state index contributed by atoms with van der Waals surface area (Å²) >= 11 is 0. The predicted octanol–water partition coefficient (Wildman–Crippen LogP) is 3.76. The standard InChI is InChI=1S/C15H18FN3/c1-9(2)13-8-14(17-4)19-15(18-13)11-5-10(3)6-12(16)7-11/h5-9H,1-4H3,(H,17,18,19). The number of anilines is 1. The number of hydrogen-bond acceptors (Lipinski definition) is 3. The molecule has 1 aromatic carbocycles. The highest BCUT2D eigenvalue weighted by molar-refractivity contribution is 5.59. The smallest absolute Gasteiger partial charge is 0.161 e. The van der Waals surface area contributed by atoms with Crippen LogP contribution < -0.4 is 5.32 Å². The van der Waals surface area contributed by atoms with Crippen LogP contribution in [0, 0.1) is 12.7 Å². The van der Waals surface area contributed by atoms with Crippen LogP contribution in [0.2, 0.25) is 0 Å². The SMILES string of the molecule is CNc1cc(C(C)C)nc(-c2cc(C)cc(F)c2)n1. The van der Waals surface area contributed by atoms with Gasteiger partial charge in [-0.3, -0.25) is 0 Å². The number of benzene rings is 1. The fraction of sp³-hybridized carbons (Fsp3) is 0.333. The Balaban J connectivity index is 2.57. The average molecular weight is 259 g/mol. The van der Waals surface area contributed by atoms with Crippen LogP contribution in [0.15, 0.2) is 24.3 Å². The normalized spacial score (nSPS) is 10.8. The number of aromatic nitrogens is 2. The van der Waals surface area contributed by atoms with Gasteiger partial charge in [0.1, 0.15) is 11.6 Å². The van der Waals surface area contributed by atoms with E-state index in [0.717, 1.165) is 17.1 Å². The van der Waals surface area contributed by atoms with E-state index in [2.05, 4.69) is 29.1 Å². The number of hydrogen-bond donors (Lipinski definition) is 1. The Bertz CT molecular complexity index is 574. The van der Waals surface area contributed by atoms with Crippen molar-refractivity contribution in [3.63, 3.8) is 0 Å². The summed E-state index contributed by atoms with van der Waals surface area (Å²) in [5.41, 5.74) is 2.51. The highest BCUT2D eigenvalue weighted by atomic mass is 19.1. The minimum atomic E-state index is -0.264. The van der Waals surface area contributed by atoms with Crippen molar-refractivity contribution < 1.29 is 4.39 Å². The molecular weight excluding hydrogens is 241 g/mol. The highest BCUT2D eigenvalue weighted by Crippen LogP contribution is 2.23. The lowest BCUT2D eigenvalue weighted by atomic mass is 10.1. The molecule has 0 radical (unpaired) electrons. The summed E-state index contributed by atoms with van der Waals surface area (Å²) in [5, 5.41) is 3.02. The molecule has 1 heterocycles. The van der Waals surface area contributed by atoms with Gasteiger partial charge in [-0.15, -0.1) is 0 Å². The highest BCUT2D eigenvalue weighted by Gasteiger charge is 2.10. The van der Waals surface area contributed by atoms with Crippen molar-refractivity contribution in [2.45, 2.75) is 26.7 Å². The van der Waals surface area contributed by atoms with E-state index in [0.29, 0.717) is 17.3 Å². The van der Waals surface area contributed by atoms with E-state index in [1.807, 2.05) is 26.1 Å². The van der Waals surface area contributed by atoms with Crippen molar-refractivity contribution >= 4 is 5.82 Å². The molecule has 0 saturated carbocycles. The lowest BCUT2D eigenvalue weighted by Crippen LogP contribution is -2.02. The van der Waals surface area contributed by atoms with Crippen LogP contribution in [0.25, 0.3) is 11.4 Å². The number of nitrogens with zero attached hydrogens (tertiary/aromatic N) is 2. The van der Waals surface area contributed by atoms with Crippen molar-refractivity contribution in [3.8, 4) is 11.4 Å². The van der Waals surface area contributed by atoms with Gasteiger partial charge in [0.15, 0.2) is 5.82 Å². The molecule has 0 atom stereocenters. The van der Waals surface area contributed by atoms with E-state index in [-0.39, 0.29) is 5.82 Å². The van der Waals surface area contributed by atoms with Crippen LogP contribution in [-0.4, -0.2) is 17.0 Å². The number of halogens is 1. The molecule has 0 saturated heterocycles. The molecule has 0 aliphatic rings. The zero-order chi connectivity index (χ0) is 14.0. The monoisotopic (exact) mass is 259 g/mol. The summed E-state index contributed by atoms with van der Waals surface area (Å²) in [6, 6.07) is 6.77. The molecule has 1 N–H and O–H groups in total. The molecule has 100 valence electrons. The molecule has 0 amide bonds. The molecule has 0 bridgehead atoms. The predicted molar refractivity (Wildman–Crippen MR) is 75.8 cm³/mol. The lowest BCUT2D eigenvalue weighted by molar-refractivity contribution is 0.627. The van der Waals surface area contributed by atoms with Crippen LogP contribution in [-0.2, 0) is 0 Å². The van der Waals surface area contributed by atoms with E-state index in [4.69, 9.17) is 0 Å². The molecule has 2 aromatic rings. The van der Waals surface area contributed by atoms with E-state index < -0.39 is 0 Å². The summed E-state index contributed by atoms with van der Waals surface area (Å²) in [7, 11) is 1.81. The summed E-state index contributed by atoms with van der Waals surface area (Å²) in [6.45, 7) is 6.00. The number of aryl methyl sites for hydroxylation is 1. The van der Waals surface area contributed by atoms with Crippen molar-refractivity contribution in [2.24, 2.45) is 0 Å². The largest absolute Gasteiger partial charge is 0.373 e. The molecular formula is C15H18FN3. The molecule has 0 spiro atoms. The Kier molecular flexibility index (Phi) is 3.79. The molecule has 1 aromatic heterocycles. The van der Waals surface area contributed by atoms with E-state index in [9.17, 15) is 4.39 Å². The van der Waals surface area contributed by atoms with Gasteiger partial charge in [-0.2, -0.15) is 0 Å². The van der Waals surface area contributed by atoms with Gasteiger partial charge in [0.2, 0.25) is 0 Å². The van der Waals surface area contributed by atoms with E-state index in [1.54, 1.807) is 0 Å². The summed E-state index contributed by atoms with van der Waals surface area (Å²) in [4.78, 5) is 8.91. The molecule has 4 heteroatoms. The first kappa shape index (κ1) is 13.5. The molecule has 0 fully saturated rings. The fourth-order valence-corrected chi connectivity index (χ4v) is 1.88. The van der Waals surface area contributed by atoms with Gasteiger partial charge in [0.25, 0.3) is 0 Å². The molecule has 0 aliphatic heterocycles. The van der Waals surface area contributed by atoms with Gasteiger partial charge in [0, 0.05) is 24.4 Å². The van der Waals surface area contributed by atoms with Crippen molar-refractivity contribution in [2.75, 3.05) is 12.4 Å². The van der Waals surface area contributed by atoms with Crippen LogP contribution in [0.4, 0.5) is 10.2 Å². The summed E-state index contributed by atoms with van der Waals surface area (Å²) < 4.78 is 13.5. The third-order valence-corrected chi connectivity index (χ3v) is 2.89. The van der Waals surface area contributed by atoms with E-state index in [1.165, 1.54) is 12.1 Å². The number of nitrogens with one attached hydrogen (secondary N) is 1.